The molecule has 0 radical (unpaired) electrons. The molecule has 100 valence electrons. The highest BCUT2D eigenvalue weighted by Gasteiger charge is 2.18. The monoisotopic (exact) mass is 248 g/mol. The number of likely N-dealkylation sites (N-methyl/N-ethyl adjacent to an activating group) is 1. The zero-order valence-electron chi connectivity index (χ0n) is 11.7. The van der Waals surface area contributed by atoms with Crippen LogP contribution in [0.1, 0.15) is 38.2 Å². The van der Waals surface area contributed by atoms with Gasteiger partial charge in [0.25, 0.3) is 0 Å². The smallest absolute Gasteiger partial charge is 0.132 e. The van der Waals surface area contributed by atoms with E-state index in [4.69, 9.17) is 0 Å². The summed E-state index contributed by atoms with van der Waals surface area (Å²) in [4.78, 5) is 11.4. The summed E-state index contributed by atoms with van der Waals surface area (Å²) in [6.45, 7) is 9.52. The van der Waals surface area contributed by atoms with Gasteiger partial charge in [0, 0.05) is 30.9 Å². The second-order valence-corrected chi connectivity index (χ2v) is 4.95. The van der Waals surface area contributed by atoms with E-state index in [-0.39, 0.29) is 0 Å². The van der Waals surface area contributed by atoms with Crippen molar-refractivity contribution in [1.29, 1.82) is 0 Å². The second-order valence-electron chi connectivity index (χ2n) is 4.95. The summed E-state index contributed by atoms with van der Waals surface area (Å²) >= 11 is 0. The van der Waals surface area contributed by atoms with Crippen molar-refractivity contribution in [1.82, 2.24) is 15.3 Å². The maximum Gasteiger partial charge on any atom is 0.132 e. The highest BCUT2D eigenvalue weighted by Crippen LogP contribution is 2.16. The Morgan fingerprint density at radius 3 is 2.83 bits per heavy atom. The maximum absolute atomic E-state index is 4.58. The van der Waals surface area contributed by atoms with E-state index in [0.717, 1.165) is 43.4 Å². The highest BCUT2D eigenvalue weighted by atomic mass is 15.2. The zero-order chi connectivity index (χ0) is 13.0. The summed E-state index contributed by atoms with van der Waals surface area (Å²) in [5, 5.41) is 3.55. The van der Waals surface area contributed by atoms with Crippen LogP contribution in [-0.4, -0.2) is 35.6 Å². The Balaban J connectivity index is 2.12. The van der Waals surface area contributed by atoms with E-state index in [1.807, 2.05) is 6.92 Å². The van der Waals surface area contributed by atoms with E-state index < -0.39 is 0 Å². The standard InChI is InChI=1S/C14H24N4/c1-4-12-9-14(17-11(3)16-12)18(5-2)10-13-7-6-8-15-13/h9,13,15H,4-8,10H2,1-3H3. The minimum atomic E-state index is 0.616. The molecule has 0 aliphatic carbocycles. The van der Waals surface area contributed by atoms with Crippen LogP contribution in [0.2, 0.25) is 0 Å². The van der Waals surface area contributed by atoms with Gasteiger partial charge in [-0.25, -0.2) is 9.97 Å². The van der Waals surface area contributed by atoms with Gasteiger partial charge >= 0.3 is 0 Å². The molecule has 0 aromatic carbocycles. The van der Waals surface area contributed by atoms with Crippen LogP contribution >= 0.6 is 0 Å². The first-order valence-corrected chi connectivity index (χ1v) is 7.05. The number of aromatic nitrogens is 2. The fourth-order valence-electron chi connectivity index (χ4n) is 2.52. The van der Waals surface area contributed by atoms with Crippen LogP contribution in [0.3, 0.4) is 0 Å². The molecule has 1 aromatic heterocycles. The van der Waals surface area contributed by atoms with Gasteiger partial charge in [-0.15, -0.1) is 0 Å². The van der Waals surface area contributed by atoms with Gasteiger partial charge in [0.2, 0.25) is 0 Å². The lowest BCUT2D eigenvalue weighted by molar-refractivity contribution is 0.583. The van der Waals surface area contributed by atoms with E-state index in [9.17, 15) is 0 Å². The topological polar surface area (TPSA) is 41.0 Å². The maximum atomic E-state index is 4.58. The zero-order valence-corrected chi connectivity index (χ0v) is 11.7. The van der Waals surface area contributed by atoms with Crippen LogP contribution < -0.4 is 10.2 Å². The van der Waals surface area contributed by atoms with E-state index in [1.165, 1.54) is 12.8 Å². The Morgan fingerprint density at radius 2 is 2.22 bits per heavy atom. The molecule has 0 spiro atoms. The largest absolute Gasteiger partial charge is 0.355 e. The molecule has 18 heavy (non-hydrogen) atoms. The summed E-state index contributed by atoms with van der Waals surface area (Å²) in [7, 11) is 0. The summed E-state index contributed by atoms with van der Waals surface area (Å²) in [5.74, 6) is 1.96. The number of nitrogens with one attached hydrogen (secondary N) is 1. The molecule has 4 nitrogen and oxygen atoms in total. The van der Waals surface area contributed by atoms with Crippen molar-refractivity contribution in [2.45, 2.75) is 46.1 Å². The summed E-state index contributed by atoms with van der Waals surface area (Å²) in [6.07, 6.45) is 3.54. The Bertz CT molecular complexity index is 385. The molecule has 1 aliphatic heterocycles. The third kappa shape index (κ3) is 3.19. The lowest BCUT2D eigenvalue weighted by atomic mass is 10.2. The van der Waals surface area contributed by atoms with Crippen LogP contribution in [0.15, 0.2) is 6.07 Å². The van der Waals surface area contributed by atoms with Gasteiger partial charge in [0.15, 0.2) is 0 Å². The lowest BCUT2D eigenvalue weighted by Crippen LogP contribution is -2.38. The predicted molar refractivity (Wildman–Crippen MR) is 75.1 cm³/mol. The fraction of sp³-hybridized carbons (Fsp3) is 0.714. The van der Waals surface area contributed by atoms with Gasteiger partial charge in [-0.3, -0.25) is 0 Å². The third-order valence-corrected chi connectivity index (χ3v) is 3.55. The Kier molecular flexibility index (Phi) is 4.53. The third-order valence-electron chi connectivity index (χ3n) is 3.55. The van der Waals surface area contributed by atoms with Crippen molar-refractivity contribution in [3.05, 3.63) is 17.6 Å². The molecule has 0 saturated carbocycles. The molecule has 2 rings (SSSR count). The molecular weight excluding hydrogens is 224 g/mol. The molecule has 2 heterocycles. The van der Waals surface area contributed by atoms with E-state index in [2.05, 4.69) is 40.1 Å². The first kappa shape index (κ1) is 13.3. The van der Waals surface area contributed by atoms with Gasteiger partial charge in [0.1, 0.15) is 11.6 Å². The average Bonchev–Trinajstić information content (AvgIpc) is 2.88. The second kappa shape index (κ2) is 6.14. The quantitative estimate of drug-likeness (QED) is 0.864. The summed E-state index contributed by atoms with van der Waals surface area (Å²) in [5.41, 5.74) is 1.13. The van der Waals surface area contributed by atoms with Crippen LogP contribution in [-0.2, 0) is 6.42 Å². The number of anilines is 1. The Hall–Kier alpha value is -1.16. The van der Waals surface area contributed by atoms with Crippen molar-refractivity contribution in [2.24, 2.45) is 0 Å². The molecule has 1 N–H and O–H groups in total. The van der Waals surface area contributed by atoms with Gasteiger partial charge in [-0.05, 0) is 39.7 Å². The van der Waals surface area contributed by atoms with Crippen molar-refractivity contribution in [3.8, 4) is 0 Å². The van der Waals surface area contributed by atoms with Crippen molar-refractivity contribution < 1.29 is 0 Å². The number of rotatable bonds is 5. The molecule has 1 saturated heterocycles. The average molecular weight is 248 g/mol. The molecule has 4 heteroatoms. The predicted octanol–water partition coefficient (Wildman–Crippen LogP) is 1.93. The molecule has 1 atom stereocenters. The Morgan fingerprint density at radius 1 is 1.39 bits per heavy atom. The van der Waals surface area contributed by atoms with Crippen molar-refractivity contribution >= 4 is 5.82 Å². The number of nitrogens with zero attached hydrogens (tertiary/aromatic N) is 3. The number of hydrogen-bond acceptors (Lipinski definition) is 4. The minimum absolute atomic E-state index is 0.616. The number of aryl methyl sites for hydroxylation is 2. The SMILES string of the molecule is CCc1cc(N(CC)CC2CCCN2)nc(C)n1. The van der Waals surface area contributed by atoms with E-state index in [0.29, 0.717) is 6.04 Å². The van der Waals surface area contributed by atoms with Gasteiger partial charge in [0.05, 0.1) is 0 Å². The molecule has 1 aliphatic rings. The first-order chi connectivity index (χ1) is 8.72. The molecule has 1 aromatic rings. The van der Waals surface area contributed by atoms with Crippen LogP contribution in [0, 0.1) is 6.92 Å². The van der Waals surface area contributed by atoms with Crippen LogP contribution in [0.5, 0.6) is 0 Å². The molecule has 1 fully saturated rings. The van der Waals surface area contributed by atoms with Crippen molar-refractivity contribution in [2.75, 3.05) is 24.5 Å². The first-order valence-electron chi connectivity index (χ1n) is 7.05. The van der Waals surface area contributed by atoms with E-state index in [1.54, 1.807) is 0 Å². The molecule has 0 bridgehead atoms. The van der Waals surface area contributed by atoms with Gasteiger partial charge in [-0.2, -0.15) is 0 Å². The van der Waals surface area contributed by atoms with Gasteiger partial charge in [-0.1, -0.05) is 6.92 Å². The summed E-state index contributed by atoms with van der Waals surface area (Å²) in [6, 6.07) is 2.75. The lowest BCUT2D eigenvalue weighted by Gasteiger charge is -2.26. The van der Waals surface area contributed by atoms with Crippen LogP contribution in [0.4, 0.5) is 5.82 Å². The minimum Gasteiger partial charge on any atom is -0.355 e. The Labute approximate surface area is 110 Å². The van der Waals surface area contributed by atoms with Gasteiger partial charge < -0.3 is 10.2 Å². The van der Waals surface area contributed by atoms with Crippen molar-refractivity contribution in [3.63, 3.8) is 0 Å². The number of hydrogen-bond donors (Lipinski definition) is 1. The van der Waals surface area contributed by atoms with Crippen LogP contribution in [0.25, 0.3) is 0 Å². The van der Waals surface area contributed by atoms with E-state index >= 15 is 0 Å². The normalized spacial score (nSPS) is 19.2. The molecule has 1 unspecified atom stereocenters. The molecule has 0 amide bonds. The molecular formula is C14H24N4. The summed E-state index contributed by atoms with van der Waals surface area (Å²) < 4.78 is 0. The highest BCUT2D eigenvalue weighted by molar-refractivity contribution is 5.40. The fourth-order valence-corrected chi connectivity index (χ4v) is 2.52.